The van der Waals surface area contributed by atoms with E-state index in [-0.39, 0.29) is 18.7 Å². The molecule has 286 valence electrons. The number of aryl methyl sites for hydroxylation is 2. The minimum absolute atomic E-state index is 0.0955. The lowest BCUT2D eigenvalue weighted by Crippen LogP contribution is -2.54. The Morgan fingerprint density at radius 3 is 2.52 bits per heavy atom. The van der Waals surface area contributed by atoms with Crippen LogP contribution in [0.2, 0.25) is 5.02 Å². The lowest BCUT2D eigenvalue weighted by molar-refractivity contribution is -0.136. The molecule has 4 aliphatic rings. The number of nitrogens with zero attached hydrogens (tertiary/aromatic N) is 7. The van der Waals surface area contributed by atoms with E-state index in [1.54, 1.807) is 23.0 Å². The molecule has 2 saturated heterocycles. The van der Waals surface area contributed by atoms with Crippen LogP contribution in [0.1, 0.15) is 63.1 Å². The quantitative estimate of drug-likeness (QED) is 0.172. The van der Waals surface area contributed by atoms with Gasteiger partial charge in [0.1, 0.15) is 6.04 Å². The summed E-state index contributed by atoms with van der Waals surface area (Å²) in [6, 6.07) is 16.6. The number of para-hydroxylation sites is 1. The van der Waals surface area contributed by atoms with E-state index >= 15 is 0 Å². The number of halogens is 1. The van der Waals surface area contributed by atoms with Gasteiger partial charge in [0, 0.05) is 63.8 Å². The first-order valence-corrected chi connectivity index (χ1v) is 19.4. The van der Waals surface area contributed by atoms with Crippen LogP contribution in [0.15, 0.2) is 60.8 Å². The fourth-order valence-electron chi connectivity index (χ4n) is 8.47. The average Bonchev–Trinajstić information content (AvgIpc) is 3.63. The van der Waals surface area contributed by atoms with Crippen LogP contribution in [0.5, 0.6) is 0 Å². The number of anilines is 5. The maximum Gasteiger partial charge on any atom is 0.262 e. The Kier molecular flexibility index (Phi) is 9.17. The Morgan fingerprint density at radius 1 is 0.893 bits per heavy atom. The smallest absolute Gasteiger partial charge is 0.262 e. The summed E-state index contributed by atoms with van der Waals surface area (Å²) in [6.45, 7) is 6.57. The van der Waals surface area contributed by atoms with Crippen molar-refractivity contribution in [2.24, 2.45) is 13.0 Å². The van der Waals surface area contributed by atoms with Crippen LogP contribution in [-0.4, -0.2) is 85.4 Å². The molecular weight excluding hydrogens is 732 g/mol. The second-order valence-corrected chi connectivity index (χ2v) is 15.6. The van der Waals surface area contributed by atoms with Crippen molar-refractivity contribution in [2.75, 3.05) is 41.7 Å². The van der Waals surface area contributed by atoms with Gasteiger partial charge in [-0.05, 0) is 91.6 Å². The Hall–Kier alpha value is -5.86. The molecule has 0 radical (unpaired) electrons. The van der Waals surface area contributed by atoms with Gasteiger partial charge in [-0.1, -0.05) is 29.8 Å². The van der Waals surface area contributed by atoms with Crippen molar-refractivity contribution in [3.63, 3.8) is 0 Å². The summed E-state index contributed by atoms with van der Waals surface area (Å²) >= 11 is 6.46. The predicted octanol–water partition coefficient (Wildman–Crippen LogP) is 5.49. The molecule has 2 fully saturated rings. The number of amides is 4. The number of hydrogen-bond acceptors (Lipinski definition) is 11. The van der Waals surface area contributed by atoms with Gasteiger partial charge < -0.3 is 15.5 Å². The van der Waals surface area contributed by atoms with Gasteiger partial charge in [-0.3, -0.25) is 34.3 Å². The maximum absolute atomic E-state index is 13.4. The molecule has 0 bridgehead atoms. The topological polar surface area (TPSA) is 158 Å². The monoisotopic (exact) mass is 772 g/mol. The van der Waals surface area contributed by atoms with Gasteiger partial charge in [0.25, 0.3) is 11.8 Å². The molecule has 4 aliphatic heterocycles. The maximum atomic E-state index is 13.4. The van der Waals surface area contributed by atoms with Gasteiger partial charge in [-0.25, -0.2) is 9.67 Å². The van der Waals surface area contributed by atoms with Gasteiger partial charge in [0.2, 0.25) is 17.8 Å². The molecule has 6 heterocycles. The zero-order chi connectivity index (χ0) is 38.7. The number of benzene rings is 3. The second-order valence-electron chi connectivity index (χ2n) is 15.2. The van der Waals surface area contributed by atoms with Crippen molar-refractivity contribution < 1.29 is 19.2 Å². The fraction of sp³-hybridized carbons (Fsp3) is 0.341. The summed E-state index contributed by atoms with van der Waals surface area (Å²) in [6.07, 6.45) is 5.03. The number of piperidine rings is 2. The van der Waals surface area contributed by atoms with Crippen molar-refractivity contribution in [1.29, 1.82) is 0 Å². The van der Waals surface area contributed by atoms with Gasteiger partial charge in [0.15, 0.2) is 11.5 Å². The molecule has 1 atom stereocenters. The van der Waals surface area contributed by atoms with Gasteiger partial charge in [-0.15, -0.1) is 0 Å². The Balaban J connectivity index is 0.811. The number of aromatic nitrogens is 4. The first kappa shape index (κ1) is 35.8. The molecule has 0 saturated carbocycles. The summed E-state index contributed by atoms with van der Waals surface area (Å²) in [4.78, 5) is 65.9. The average molecular weight is 773 g/mol. The van der Waals surface area contributed by atoms with E-state index in [0.29, 0.717) is 39.5 Å². The standard InChI is InChI=1S/C41H41ClN10O4/c1-23-4-3-5-32(42)35(23)46-36-31-20-43-41(47-37(31)49(2)48-36)44-27-7-6-25-14-15-50(22-26(25)18-27)21-24-12-16-51(17-13-24)28-8-9-29-30(19-28)40(56)52(39(29)55)33-10-11-34(53)45-38(33)54/h3-9,18-20,24,33H,10-17,21-22H2,1-2H3,(H,46,48)(H,43,44,47)(H,45,53,54). The number of nitrogens with one attached hydrogen (secondary N) is 3. The van der Waals surface area contributed by atoms with Gasteiger partial charge in [-0.2, -0.15) is 10.1 Å². The molecule has 4 amide bonds. The Morgan fingerprint density at radius 2 is 1.71 bits per heavy atom. The van der Waals surface area contributed by atoms with Crippen molar-refractivity contribution in [3.8, 4) is 0 Å². The lowest BCUT2D eigenvalue weighted by atomic mass is 9.93. The van der Waals surface area contributed by atoms with Gasteiger partial charge >= 0.3 is 0 Å². The zero-order valence-electron chi connectivity index (χ0n) is 31.1. The molecule has 0 spiro atoms. The highest BCUT2D eigenvalue weighted by atomic mass is 35.5. The minimum Gasteiger partial charge on any atom is -0.371 e. The van der Waals surface area contributed by atoms with E-state index in [4.69, 9.17) is 16.6 Å². The van der Waals surface area contributed by atoms with E-state index in [2.05, 4.69) is 54.0 Å². The summed E-state index contributed by atoms with van der Waals surface area (Å²) < 4.78 is 1.74. The number of fused-ring (bicyclic) bond motifs is 3. The Labute approximate surface area is 328 Å². The van der Waals surface area contributed by atoms with E-state index in [1.807, 2.05) is 38.2 Å². The minimum atomic E-state index is -0.969. The summed E-state index contributed by atoms with van der Waals surface area (Å²) in [7, 11) is 1.86. The summed E-state index contributed by atoms with van der Waals surface area (Å²) in [5, 5.41) is 15.1. The van der Waals surface area contributed by atoms with E-state index in [0.717, 1.165) is 84.9 Å². The second kappa shape index (κ2) is 14.3. The molecule has 1 unspecified atom stereocenters. The van der Waals surface area contributed by atoms with Crippen molar-refractivity contribution in [3.05, 3.63) is 93.6 Å². The van der Waals surface area contributed by atoms with Crippen LogP contribution in [0.3, 0.4) is 0 Å². The van der Waals surface area contributed by atoms with Crippen molar-refractivity contribution in [2.45, 2.75) is 51.6 Å². The number of carbonyl (C=O) groups is 4. The van der Waals surface area contributed by atoms with E-state index < -0.39 is 23.8 Å². The molecule has 3 N–H and O–H groups in total. The lowest BCUT2D eigenvalue weighted by Gasteiger charge is -2.37. The first-order chi connectivity index (χ1) is 27.1. The summed E-state index contributed by atoms with van der Waals surface area (Å²) in [5.41, 5.74) is 7.62. The third kappa shape index (κ3) is 6.62. The van der Waals surface area contributed by atoms with Crippen LogP contribution < -0.4 is 20.9 Å². The number of hydrogen-bond donors (Lipinski definition) is 3. The SMILES string of the molecule is Cc1cccc(Cl)c1Nc1nn(C)c2nc(Nc3ccc4c(c3)CN(CC3CCN(c5ccc6c(c5)C(=O)N(C5CCC(=O)NC5=O)C6=O)CC3)CC4)ncc12. The number of carbonyl (C=O) groups excluding carboxylic acids is 4. The summed E-state index contributed by atoms with van der Waals surface area (Å²) in [5.74, 6) is -0.282. The zero-order valence-corrected chi connectivity index (χ0v) is 31.9. The molecule has 3 aromatic carbocycles. The van der Waals surface area contributed by atoms with E-state index in [1.165, 1.54) is 11.1 Å². The normalized spacial score (nSPS) is 19.0. The molecule has 15 heteroatoms. The van der Waals surface area contributed by atoms with Crippen LogP contribution in [-0.2, 0) is 29.6 Å². The molecule has 14 nitrogen and oxygen atoms in total. The first-order valence-electron chi connectivity index (χ1n) is 19.0. The van der Waals surface area contributed by atoms with Crippen LogP contribution in [0.25, 0.3) is 11.0 Å². The highest BCUT2D eigenvalue weighted by Crippen LogP contribution is 2.34. The van der Waals surface area contributed by atoms with E-state index in [9.17, 15) is 19.2 Å². The largest absolute Gasteiger partial charge is 0.371 e. The fourth-order valence-corrected chi connectivity index (χ4v) is 8.74. The number of rotatable bonds is 8. The van der Waals surface area contributed by atoms with Crippen LogP contribution in [0.4, 0.5) is 28.8 Å². The molecular formula is C41H41ClN10O4. The van der Waals surface area contributed by atoms with Crippen LogP contribution in [0, 0.1) is 12.8 Å². The molecule has 2 aromatic heterocycles. The predicted molar refractivity (Wildman–Crippen MR) is 213 cm³/mol. The highest BCUT2D eigenvalue weighted by Gasteiger charge is 2.45. The Bertz CT molecular complexity index is 2420. The van der Waals surface area contributed by atoms with Gasteiger partial charge in [0.05, 0.1) is 27.2 Å². The third-order valence-corrected chi connectivity index (χ3v) is 11.8. The molecule has 5 aromatic rings. The van der Waals surface area contributed by atoms with Crippen molar-refractivity contribution >= 4 is 75.1 Å². The molecule has 56 heavy (non-hydrogen) atoms. The molecule has 9 rings (SSSR count). The molecule has 0 aliphatic carbocycles. The highest BCUT2D eigenvalue weighted by molar-refractivity contribution is 6.33. The third-order valence-electron chi connectivity index (χ3n) is 11.5. The van der Waals surface area contributed by atoms with Crippen molar-refractivity contribution in [1.82, 2.24) is 34.9 Å². The number of imide groups is 2. The van der Waals surface area contributed by atoms with Crippen LogP contribution >= 0.6 is 11.6 Å².